The van der Waals surface area contributed by atoms with Crippen molar-refractivity contribution >= 4 is 34.2 Å². The van der Waals surface area contributed by atoms with Gasteiger partial charge in [0.2, 0.25) is 5.91 Å². The van der Waals surface area contributed by atoms with Gasteiger partial charge >= 0.3 is 0 Å². The molecule has 84 valence electrons. The van der Waals surface area contributed by atoms with E-state index in [0.717, 1.165) is 16.7 Å². The highest BCUT2D eigenvalue weighted by Gasteiger charge is 2.10. The van der Waals surface area contributed by atoms with Crippen LogP contribution in [0.1, 0.15) is 6.42 Å². The molecular weight excluding hydrogens is 226 g/mol. The van der Waals surface area contributed by atoms with E-state index < -0.39 is 0 Å². The molecule has 0 radical (unpaired) electrons. The molecule has 1 heterocycles. The smallest absolute Gasteiger partial charge is 0.227 e. The van der Waals surface area contributed by atoms with Crippen LogP contribution in [0.4, 0.5) is 5.69 Å². The Kier molecular flexibility index (Phi) is 3.10. The first-order valence-corrected chi connectivity index (χ1v) is 5.51. The summed E-state index contributed by atoms with van der Waals surface area (Å²) in [4.78, 5) is 20.4. The molecule has 2 rings (SSSR count). The molecule has 0 aliphatic heterocycles. The third-order valence-electron chi connectivity index (χ3n) is 2.47. The van der Waals surface area contributed by atoms with E-state index in [4.69, 9.17) is 11.6 Å². The standard InChI is InChI=1S/C11H12ClN3O/c1-15(11(16)4-5-12)8-2-3-9-10(6-8)14-7-13-9/h2-3,6-7H,4-5H2,1H3,(H,13,14). The molecule has 0 unspecified atom stereocenters. The Bertz CT molecular complexity index is 509. The number of H-pyrrole nitrogens is 1. The van der Waals surface area contributed by atoms with E-state index in [0.29, 0.717) is 12.3 Å². The number of carbonyl (C=O) groups excluding carboxylic acids is 1. The number of amides is 1. The zero-order chi connectivity index (χ0) is 11.5. The minimum absolute atomic E-state index is 0.00821. The summed E-state index contributed by atoms with van der Waals surface area (Å²) < 4.78 is 0. The van der Waals surface area contributed by atoms with Gasteiger partial charge in [-0.05, 0) is 18.2 Å². The average molecular weight is 238 g/mol. The summed E-state index contributed by atoms with van der Waals surface area (Å²) in [5, 5.41) is 0. The molecule has 1 amide bonds. The number of halogens is 1. The Morgan fingerprint density at radius 3 is 3.12 bits per heavy atom. The number of rotatable bonds is 3. The number of carbonyl (C=O) groups is 1. The maximum atomic E-state index is 11.6. The maximum absolute atomic E-state index is 11.6. The van der Waals surface area contributed by atoms with Crippen LogP contribution in [0.15, 0.2) is 24.5 Å². The first-order chi connectivity index (χ1) is 7.72. The van der Waals surface area contributed by atoms with Gasteiger partial charge < -0.3 is 9.88 Å². The van der Waals surface area contributed by atoms with Crippen molar-refractivity contribution in [2.24, 2.45) is 0 Å². The maximum Gasteiger partial charge on any atom is 0.227 e. The molecule has 5 heteroatoms. The second kappa shape index (κ2) is 4.53. The first kappa shape index (κ1) is 11.0. The summed E-state index contributed by atoms with van der Waals surface area (Å²) in [5.74, 6) is 0.351. The van der Waals surface area contributed by atoms with E-state index in [-0.39, 0.29) is 5.91 Å². The lowest BCUT2D eigenvalue weighted by Gasteiger charge is -2.16. The Hall–Kier alpha value is -1.55. The van der Waals surface area contributed by atoms with Crippen molar-refractivity contribution in [3.8, 4) is 0 Å². The van der Waals surface area contributed by atoms with E-state index >= 15 is 0 Å². The topological polar surface area (TPSA) is 49.0 Å². The van der Waals surface area contributed by atoms with E-state index in [9.17, 15) is 4.79 Å². The summed E-state index contributed by atoms with van der Waals surface area (Å²) in [5.41, 5.74) is 2.65. The molecule has 4 nitrogen and oxygen atoms in total. The van der Waals surface area contributed by atoms with Crippen LogP contribution < -0.4 is 4.90 Å². The summed E-state index contributed by atoms with van der Waals surface area (Å²) in [7, 11) is 1.74. The summed E-state index contributed by atoms with van der Waals surface area (Å²) in [6, 6.07) is 5.65. The monoisotopic (exact) mass is 237 g/mol. The molecule has 0 aliphatic carbocycles. The molecule has 0 spiro atoms. The Morgan fingerprint density at radius 1 is 1.56 bits per heavy atom. The predicted molar refractivity (Wildman–Crippen MR) is 64.8 cm³/mol. The summed E-state index contributed by atoms with van der Waals surface area (Å²) in [6.07, 6.45) is 1.98. The van der Waals surface area contributed by atoms with Gasteiger partial charge in [0, 0.05) is 25.0 Å². The minimum Gasteiger partial charge on any atom is -0.345 e. The molecule has 1 N–H and O–H groups in total. The average Bonchev–Trinajstić information content (AvgIpc) is 2.75. The van der Waals surface area contributed by atoms with Gasteiger partial charge in [-0.1, -0.05) is 0 Å². The van der Waals surface area contributed by atoms with E-state index in [1.807, 2.05) is 18.2 Å². The predicted octanol–water partition coefficient (Wildman–Crippen LogP) is 2.15. The fourth-order valence-electron chi connectivity index (χ4n) is 1.52. The highest BCUT2D eigenvalue weighted by atomic mass is 35.5. The van der Waals surface area contributed by atoms with Crippen molar-refractivity contribution in [1.29, 1.82) is 0 Å². The number of fused-ring (bicyclic) bond motifs is 1. The van der Waals surface area contributed by atoms with Crippen LogP contribution in [0.25, 0.3) is 11.0 Å². The van der Waals surface area contributed by atoms with Crippen molar-refractivity contribution in [1.82, 2.24) is 9.97 Å². The molecular formula is C11H12ClN3O. The fourth-order valence-corrected chi connectivity index (χ4v) is 1.69. The van der Waals surface area contributed by atoms with Crippen LogP contribution in [0.3, 0.4) is 0 Å². The van der Waals surface area contributed by atoms with Crippen LogP contribution in [-0.4, -0.2) is 28.8 Å². The van der Waals surface area contributed by atoms with Crippen LogP contribution in [0.5, 0.6) is 0 Å². The molecule has 1 aromatic carbocycles. The van der Waals surface area contributed by atoms with Gasteiger partial charge in [0.15, 0.2) is 0 Å². The third kappa shape index (κ3) is 2.02. The Labute approximate surface area is 98.2 Å². The zero-order valence-corrected chi connectivity index (χ0v) is 9.66. The molecule has 16 heavy (non-hydrogen) atoms. The SMILES string of the molecule is CN(C(=O)CCCl)c1ccc2nc[nH]c2c1. The number of benzene rings is 1. The fraction of sp³-hybridized carbons (Fsp3) is 0.273. The van der Waals surface area contributed by atoms with Crippen LogP contribution in [0, 0.1) is 0 Å². The van der Waals surface area contributed by atoms with Crippen molar-refractivity contribution in [2.45, 2.75) is 6.42 Å². The number of alkyl halides is 1. The van der Waals surface area contributed by atoms with Gasteiger partial charge in [-0.15, -0.1) is 11.6 Å². The van der Waals surface area contributed by atoms with Gasteiger partial charge in [0.1, 0.15) is 0 Å². The highest BCUT2D eigenvalue weighted by Crippen LogP contribution is 2.19. The molecule has 0 bridgehead atoms. The molecule has 1 aromatic heterocycles. The number of nitrogens with zero attached hydrogens (tertiary/aromatic N) is 2. The number of hydrogen-bond acceptors (Lipinski definition) is 2. The molecule has 0 saturated heterocycles. The van der Waals surface area contributed by atoms with Crippen molar-refractivity contribution in [3.05, 3.63) is 24.5 Å². The lowest BCUT2D eigenvalue weighted by molar-refractivity contribution is -0.117. The van der Waals surface area contributed by atoms with E-state index in [2.05, 4.69) is 9.97 Å². The lowest BCUT2D eigenvalue weighted by Crippen LogP contribution is -2.26. The minimum atomic E-state index is 0.00821. The van der Waals surface area contributed by atoms with Crippen LogP contribution in [0.2, 0.25) is 0 Å². The Balaban J connectivity index is 2.28. The largest absolute Gasteiger partial charge is 0.345 e. The summed E-state index contributed by atoms with van der Waals surface area (Å²) in [6.45, 7) is 0. The van der Waals surface area contributed by atoms with Crippen LogP contribution in [-0.2, 0) is 4.79 Å². The number of anilines is 1. The second-order valence-corrected chi connectivity index (χ2v) is 3.87. The zero-order valence-electron chi connectivity index (χ0n) is 8.90. The second-order valence-electron chi connectivity index (χ2n) is 3.50. The molecule has 0 aliphatic rings. The molecule has 0 saturated carbocycles. The van der Waals surface area contributed by atoms with Gasteiger partial charge in [0.25, 0.3) is 0 Å². The number of nitrogens with one attached hydrogen (secondary N) is 1. The third-order valence-corrected chi connectivity index (χ3v) is 2.66. The number of aromatic amines is 1. The number of aromatic nitrogens is 2. The van der Waals surface area contributed by atoms with Crippen molar-refractivity contribution in [3.63, 3.8) is 0 Å². The van der Waals surface area contributed by atoms with Gasteiger partial charge in [-0.3, -0.25) is 4.79 Å². The summed E-state index contributed by atoms with van der Waals surface area (Å²) >= 11 is 5.54. The van der Waals surface area contributed by atoms with Gasteiger partial charge in [-0.2, -0.15) is 0 Å². The van der Waals surface area contributed by atoms with E-state index in [1.54, 1.807) is 18.3 Å². The van der Waals surface area contributed by atoms with E-state index in [1.165, 1.54) is 0 Å². The molecule has 2 aromatic rings. The number of imidazole rings is 1. The first-order valence-electron chi connectivity index (χ1n) is 4.98. The molecule has 0 atom stereocenters. The van der Waals surface area contributed by atoms with Gasteiger partial charge in [-0.25, -0.2) is 4.98 Å². The molecule has 0 fully saturated rings. The number of hydrogen-bond donors (Lipinski definition) is 1. The van der Waals surface area contributed by atoms with Crippen molar-refractivity contribution in [2.75, 3.05) is 17.8 Å². The highest BCUT2D eigenvalue weighted by molar-refractivity contribution is 6.19. The normalized spacial score (nSPS) is 10.6. The van der Waals surface area contributed by atoms with Gasteiger partial charge in [0.05, 0.1) is 17.4 Å². The van der Waals surface area contributed by atoms with Crippen LogP contribution >= 0.6 is 11.6 Å². The lowest BCUT2D eigenvalue weighted by atomic mass is 10.2. The quantitative estimate of drug-likeness (QED) is 0.832. The Morgan fingerprint density at radius 2 is 2.38 bits per heavy atom. The van der Waals surface area contributed by atoms with Crippen molar-refractivity contribution < 1.29 is 4.79 Å².